The number of nitrogens with one attached hydrogen (secondary N) is 1. The molecule has 1 unspecified atom stereocenters. The van der Waals surface area contributed by atoms with E-state index >= 15 is 0 Å². The first-order chi connectivity index (χ1) is 9.83. The maximum atomic E-state index is 12.2. The number of thiazole rings is 1. The van der Waals surface area contributed by atoms with Crippen LogP contribution in [0.15, 0.2) is 30.5 Å². The number of hydrogen-bond donors (Lipinski definition) is 1. The number of benzene rings is 1. The second kappa shape index (κ2) is 6.44. The minimum Gasteiger partial charge on any atom is -0.406 e. The first-order valence-electron chi connectivity index (χ1n) is 6.34. The van der Waals surface area contributed by atoms with Gasteiger partial charge in [0.2, 0.25) is 0 Å². The van der Waals surface area contributed by atoms with Crippen molar-refractivity contribution in [3.05, 3.63) is 45.9 Å². The minimum atomic E-state index is -4.67. The Kier molecular flexibility index (Phi) is 4.84. The summed E-state index contributed by atoms with van der Waals surface area (Å²) in [4.78, 5) is 5.40. The lowest BCUT2D eigenvalue weighted by atomic mass is 10.2. The molecule has 0 fully saturated rings. The van der Waals surface area contributed by atoms with Gasteiger partial charge in [-0.2, -0.15) is 0 Å². The average molecular weight is 316 g/mol. The zero-order chi connectivity index (χ0) is 15.5. The van der Waals surface area contributed by atoms with Crippen LogP contribution in [0.4, 0.5) is 13.2 Å². The molecule has 3 nitrogen and oxygen atoms in total. The summed E-state index contributed by atoms with van der Waals surface area (Å²) in [6.45, 7) is 4.38. The summed E-state index contributed by atoms with van der Waals surface area (Å²) in [5, 5.41) is 4.18. The lowest BCUT2D eigenvalue weighted by Gasteiger charge is -2.13. The van der Waals surface area contributed by atoms with Gasteiger partial charge in [0, 0.05) is 17.6 Å². The van der Waals surface area contributed by atoms with E-state index in [4.69, 9.17) is 0 Å². The number of rotatable bonds is 5. The molecule has 114 valence electrons. The van der Waals surface area contributed by atoms with Crippen LogP contribution in [-0.2, 0) is 6.54 Å². The van der Waals surface area contributed by atoms with Gasteiger partial charge in [-0.3, -0.25) is 0 Å². The van der Waals surface area contributed by atoms with Crippen molar-refractivity contribution in [3.63, 3.8) is 0 Å². The van der Waals surface area contributed by atoms with Crippen LogP contribution >= 0.6 is 11.3 Å². The number of aromatic nitrogens is 1. The van der Waals surface area contributed by atoms with Crippen LogP contribution in [0.1, 0.15) is 28.4 Å². The molecule has 0 amide bonds. The molecule has 0 radical (unpaired) electrons. The Balaban J connectivity index is 1.95. The normalized spacial score (nSPS) is 13.2. The topological polar surface area (TPSA) is 34.2 Å². The summed E-state index contributed by atoms with van der Waals surface area (Å²) in [6, 6.07) is 5.98. The molecule has 0 saturated heterocycles. The Morgan fingerprint density at radius 1 is 1.38 bits per heavy atom. The number of halogens is 3. The fourth-order valence-electron chi connectivity index (χ4n) is 1.78. The summed E-state index contributed by atoms with van der Waals surface area (Å²) < 4.78 is 40.4. The molecule has 1 aromatic carbocycles. The lowest BCUT2D eigenvalue weighted by molar-refractivity contribution is -0.274. The summed E-state index contributed by atoms with van der Waals surface area (Å²) in [5.41, 5.74) is 0.719. The molecule has 0 spiro atoms. The van der Waals surface area contributed by atoms with Gasteiger partial charge in [0.05, 0.1) is 6.04 Å². The quantitative estimate of drug-likeness (QED) is 0.897. The van der Waals surface area contributed by atoms with Crippen molar-refractivity contribution >= 4 is 11.3 Å². The van der Waals surface area contributed by atoms with Crippen LogP contribution < -0.4 is 10.1 Å². The second-order valence-electron chi connectivity index (χ2n) is 4.61. The van der Waals surface area contributed by atoms with E-state index in [-0.39, 0.29) is 11.8 Å². The molecule has 0 aliphatic heterocycles. The van der Waals surface area contributed by atoms with Crippen LogP contribution in [0.3, 0.4) is 0 Å². The van der Waals surface area contributed by atoms with Gasteiger partial charge in [0.1, 0.15) is 10.8 Å². The molecule has 2 aromatic rings. The Morgan fingerprint density at radius 3 is 2.76 bits per heavy atom. The van der Waals surface area contributed by atoms with E-state index in [1.54, 1.807) is 23.6 Å². The number of hydrogen-bond acceptors (Lipinski definition) is 4. The fraction of sp³-hybridized carbons (Fsp3) is 0.357. The molecule has 0 aliphatic rings. The van der Waals surface area contributed by atoms with Crippen molar-refractivity contribution in [3.8, 4) is 5.75 Å². The highest BCUT2D eigenvalue weighted by Gasteiger charge is 2.31. The second-order valence-corrected chi connectivity index (χ2v) is 5.87. The largest absolute Gasteiger partial charge is 0.573 e. The molecule has 2 rings (SSSR count). The monoisotopic (exact) mass is 316 g/mol. The van der Waals surface area contributed by atoms with E-state index < -0.39 is 6.36 Å². The molecular formula is C14H15F3N2OS. The lowest BCUT2D eigenvalue weighted by Crippen LogP contribution is -2.19. The third kappa shape index (κ3) is 5.02. The smallest absolute Gasteiger partial charge is 0.406 e. The van der Waals surface area contributed by atoms with Crippen LogP contribution in [-0.4, -0.2) is 11.3 Å². The van der Waals surface area contributed by atoms with Gasteiger partial charge in [-0.1, -0.05) is 12.1 Å². The van der Waals surface area contributed by atoms with Gasteiger partial charge in [-0.15, -0.1) is 24.5 Å². The van der Waals surface area contributed by atoms with Crippen molar-refractivity contribution in [1.29, 1.82) is 0 Å². The summed E-state index contributed by atoms with van der Waals surface area (Å²) in [7, 11) is 0. The molecule has 1 aromatic heterocycles. The first-order valence-corrected chi connectivity index (χ1v) is 7.15. The van der Waals surface area contributed by atoms with Gasteiger partial charge >= 0.3 is 6.36 Å². The highest BCUT2D eigenvalue weighted by Crippen LogP contribution is 2.24. The van der Waals surface area contributed by atoms with Gasteiger partial charge in [0.25, 0.3) is 0 Å². The number of nitrogens with zero attached hydrogens (tertiary/aromatic N) is 1. The van der Waals surface area contributed by atoms with Crippen molar-refractivity contribution in [2.45, 2.75) is 32.8 Å². The van der Waals surface area contributed by atoms with E-state index in [0.29, 0.717) is 6.54 Å². The molecule has 1 N–H and O–H groups in total. The van der Waals surface area contributed by atoms with Crippen LogP contribution in [0.25, 0.3) is 0 Å². The van der Waals surface area contributed by atoms with E-state index in [0.717, 1.165) is 15.4 Å². The van der Waals surface area contributed by atoms with Crippen molar-refractivity contribution in [2.75, 3.05) is 0 Å². The molecule has 0 aliphatic carbocycles. The fourth-order valence-corrected chi connectivity index (χ4v) is 2.58. The predicted octanol–water partition coefficient (Wildman–Crippen LogP) is 4.20. The van der Waals surface area contributed by atoms with Crippen molar-refractivity contribution in [2.24, 2.45) is 0 Å². The molecule has 0 bridgehead atoms. The Bertz CT molecular complexity index is 598. The van der Waals surface area contributed by atoms with Crippen molar-refractivity contribution in [1.82, 2.24) is 10.3 Å². The maximum Gasteiger partial charge on any atom is 0.573 e. The number of alkyl halides is 3. The molecule has 0 saturated carbocycles. The van der Waals surface area contributed by atoms with Gasteiger partial charge in [-0.05, 0) is 31.5 Å². The predicted molar refractivity (Wildman–Crippen MR) is 75.2 cm³/mol. The highest BCUT2D eigenvalue weighted by molar-refractivity contribution is 7.11. The summed E-state index contributed by atoms with van der Waals surface area (Å²) >= 11 is 1.59. The van der Waals surface area contributed by atoms with Crippen molar-refractivity contribution < 1.29 is 17.9 Å². The molecule has 21 heavy (non-hydrogen) atoms. The van der Waals surface area contributed by atoms with Gasteiger partial charge in [-0.25, -0.2) is 4.98 Å². The first kappa shape index (κ1) is 15.8. The van der Waals surface area contributed by atoms with Crippen LogP contribution in [0.2, 0.25) is 0 Å². The SMILES string of the molecule is Cc1cnc(C(C)NCc2cccc(OC(F)(F)F)c2)s1. The number of ether oxygens (including phenoxy) is 1. The van der Waals surface area contributed by atoms with Crippen LogP contribution in [0, 0.1) is 6.92 Å². The van der Waals surface area contributed by atoms with E-state index in [1.807, 2.05) is 13.8 Å². The molecule has 7 heteroatoms. The number of aryl methyl sites for hydroxylation is 1. The summed E-state index contributed by atoms with van der Waals surface area (Å²) in [6.07, 6.45) is -2.87. The zero-order valence-electron chi connectivity index (χ0n) is 11.6. The maximum absolute atomic E-state index is 12.2. The highest BCUT2D eigenvalue weighted by atomic mass is 32.1. The van der Waals surface area contributed by atoms with E-state index in [2.05, 4.69) is 15.0 Å². The van der Waals surface area contributed by atoms with E-state index in [9.17, 15) is 13.2 Å². The zero-order valence-corrected chi connectivity index (χ0v) is 12.4. The van der Waals surface area contributed by atoms with Gasteiger partial charge in [0.15, 0.2) is 0 Å². The third-order valence-corrected chi connectivity index (χ3v) is 3.85. The molecule has 1 heterocycles. The average Bonchev–Trinajstić information content (AvgIpc) is 2.81. The standard InChI is InChI=1S/C14H15F3N2OS/c1-9-7-19-13(21-9)10(2)18-8-11-4-3-5-12(6-11)20-14(15,16)17/h3-7,10,18H,8H2,1-2H3. The summed E-state index contributed by atoms with van der Waals surface area (Å²) in [5.74, 6) is -0.209. The van der Waals surface area contributed by atoms with E-state index in [1.165, 1.54) is 18.2 Å². The Hall–Kier alpha value is -1.60. The molecular weight excluding hydrogens is 301 g/mol. The van der Waals surface area contributed by atoms with Gasteiger partial charge < -0.3 is 10.1 Å². The molecule has 1 atom stereocenters. The Labute approximate surface area is 124 Å². The minimum absolute atomic E-state index is 0.0379. The third-order valence-electron chi connectivity index (χ3n) is 2.75. The Morgan fingerprint density at radius 2 is 2.14 bits per heavy atom. The van der Waals surface area contributed by atoms with Crippen LogP contribution in [0.5, 0.6) is 5.75 Å².